The van der Waals surface area contributed by atoms with E-state index in [1.54, 1.807) is 0 Å². The van der Waals surface area contributed by atoms with E-state index >= 15 is 0 Å². The van der Waals surface area contributed by atoms with E-state index in [0.29, 0.717) is 6.04 Å². The van der Waals surface area contributed by atoms with Crippen LogP contribution in [0, 0.1) is 13.8 Å². The number of likely N-dealkylation sites (tertiary alicyclic amines) is 2. The van der Waals surface area contributed by atoms with Crippen molar-refractivity contribution >= 4 is 0 Å². The zero-order valence-electron chi connectivity index (χ0n) is 27.5. The topological polar surface area (TPSA) is 98.6 Å². The van der Waals surface area contributed by atoms with Crippen molar-refractivity contribution in [2.45, 2.75) is 97.3 Å². The van der Waals surface area contributed by atoms with Crippen LogP contribution in [0.2, 0.25) is 0 Å². The van der Waals surface area contributed by atoms with Crippen LogP contribution in [-0.2, 0) is 25.8 Å². The first-order valence-electron chi connectivity index (χ1n) is 15.9. The Morgan fingerprint density at radius 3 is 1.51 bits per heavy atom. The normalized spacial score (nSPS) is 16.2. The molecule has 2 saturated heterocycles. The first-order valence-corrected chi connectivity index (χ1v) is 15.9. The third kappa shape index (κ3) is 22.9. The summed E-state index contributed by atoms with van der Waals surface area (Å²) in [5.74, 6) is 0. The van der Waals surface area contributed by atoms with Gasteiger partial charge in [0, 0.05) is 25.8 Å². The molecule has 244 valence electrons. The number of hydrogen-bond acceptors (Lipinski definition) is 3. The minimum Gasteiger partial charge on any atom is -0.681 e. The maximum Gasteiger partial charge on any atom is 0 e. The van der Waals surface area contributed by atoms with Crippen LogP contribution in [0.3, 0.4) is 0 Å². The Balaban J connectivity index is 0.000000582. The molecule has 0 saturated carbocycles. The molecule has 2 fully saturated rings. The molecule has 2 atom stereocenters. The van der Waals surface area contributed by atoms with E-state index in [1.165, 1.54) is 32.1 Å². The summed E-state index contributed by atoms with van der Waals surface area (Å²) in [6, 6.07) is 20.4. The molecule has 2 aromatic carbocycles. The molecule has 2 aliphatic rings. The summed E-state index contributed by atoms with van der Waals surface area (Å²) in [7, 11) is 0. The molecule has 4 rings (SSSR count). The summed E-state index contributed by atoms with van der Waals surface area (Å²) < 4.78 is 0. The first-order chi connectivity index (χ1) is 20.2. The van der Waals surface area contributed by atoms with E-state index in [1.807, 2.05) is 74.5 Å². The number of hydrogen-bond donors (Lipinski definition) is 1. The minimum atomic E-state index is -0.308. The van der Waals surface area contributed by atoms with Gasteiger partial charge in [-0.2, -0.15) is 61.8 Å². The van der Waals surface area contributed by atoms with Gasteiger partial charge >= 0.3 is 0 Å². The molecule has 2 aliphatic heterocycles. The van der Waals surface area contributed by atoms with Gasteiger partial charge in [-0.25, -0.2) is 0 Å². The van der Waals surface area contributed by atoms with Gasteiger partial charge in [0.05, 0.1) is 0 Å². The van der Waals surface area contributed by atoms with E-state index < -0.39 is 0 Å². The first kappa shape index (κ1) is 41.8. The van der Waals surface area contributed by atoms with Crippen LogP contribution in [0.4, 0.5) is 0 Å². The van der Waals surface area contributed by atoms with Gasteiger partial charge < -0.3 is 37.2 Å². The van der Waals surface area contributed by atoms with Crippen LogP contribution in [0.1, 0.15) is 83.8 Å². The van der Waals surface area contributed by atoms with Crippen molar-refractivity contribution in [2.75, 3.05) is 39.3 Å². The van der Waals surface area contributed by atoms with Crippen LogP contribution in [0.15, 0.2) is 60.7 Å². The predicted molar refractivity (Wildman–Crippen MR) is 183 cm³/mol. The Morgan fingerprint density at radius 1 is 0.698 bits per heavy atom. The van der Waals surface area contributed by atoms with Crippen LogP contribution < -0.4 is 5.73 Å². The second kappa shape index (κ2) is 27.1. The molecule has 2 heterocycles. The fourth-order valence-electron chi connectivity index (χ4n) is 4.45. The molecule has 0 spiro atoms. The van der Waals surface area contributed by atoms with E-state index in [-0.39, 0.29) is 44.5 Å². The van der Waals surface area contributed by atoms with Crippen molar-refractivity contribution in [3.05, 3.63) is 107 Å². The molecule has 0 amide bonds. The van der Waals surface area contributed by atoms with Crippen LogP contribution in [-0.4, -0.2) is 73.7 Å². The van der Waals surface area contributed by atoms with Gasteiger partial charge in [0.1, 0.15) is 0 Å². The molecule has 0 aliphatic carbocycles. The monoisotopic (exact) mass is 757 g/mol. The zero-order valence-corrected chi connectivity index (χ0v) is 31.1. The van der Waals surface area contributed by atoms with Crippen LogP contribution in [0.25, 0.3) is 21.7 Å². The summed E-state index contributed by atoms with van der Waals surface area (Å²) in [4.78, 5) is 4.53. The predicted octanol–water partition coefficient (Wildman–Crippen LogP) is 8.59. The Kier molecular flexibility index (Phi) is 26.3. The van der Waals surface area contributed by atoms with Gasteiger partial charge in [-0.3, -0.25) is 0 Å². The Bertz CT molecular complexity index is 804. The maximum atomic E-state index is 7.66. The molecule has 0 aromatic heterocycles. The Morgan fingerprint density at radius 2 is 1.14 bits per heavy atom. The summed E-state index contributed by atoms with van der Waals surface area (Å²) >= 11 is 0. The summed E-state index contributed by atoms with van der Waals surface area (Å²) in [6.07, 6.45) is 8.33. The number of nitrogens with two attached hydrogens (primary N) is 1. The number of nitrogens with one attached hydrogen (secondary N) is 1. The molecule has 2 unspecified atom stereocenters. The largest absolute Gasteiger partial charge is 0.681 e. The fraction of sp³-hybridized carbons (Fsp3) is 0.600. The minimum absolute atomic E-state index is 0. The number of nitrogens with zero attached hydrogens (tertiary/aromatic N) is 5. The molecule has 7 nitrogen and oxygen atoms in total. The molecule has 0 bridgehead atoms. The summed E-state index contributed by atoms with van der Waals surface area (Å²) in [5.41, 5.74) is 15.3. The van der Waals surface area contributed by atoms with Gasteiger partial charge in [0.25, 0.3) is 0 Å². The van der Waals surface area contributed by atoms with E-state index in [4.69, 9.17) is 22.1 Å². The summed E-state index contributed by atoms with van der Waals surface area (Å²) in [6.45, 7) is 21.9. The van der Waals surface area contributed by atoms with Crippen molar-refractivity contribution in [2.24, 2.45) is 5.73 Å². The van der Waals surface area contributed by atoms with Gasteiger partial charge in [0.15, 0.2) is 0 Å². The molecule has 43 heavy (non-hydrogen) atoms. The molecule has 2 aromatic rings. The third-order valence-corrected chi connectivity index (χ3v) is 6.66. The molecular formula is C35H59HfN7-6. The average Bonchev–Trinajstić information content (AvgIpc) is 3.69. The third-order valence-electron chi connectivity index (χ3n) is 6.66. The van der Waals surface area contributed by atoms with Crippen molar-refractivity contribution in [1.82, 2.24) is 9.80 Å². The molecule has 0 radical (unpaired) electrons. The van der Waals surface area contributed by atoms with Crippen molar-refractivity contribution in [3.63, 3.8) is 0 Å². The van der Waals surface area contributed by atoms with Crippen LogP contribution >= 0.6 is 0 Å². The van der Waals surface area contributed by atoms with Gasteiger partial charge in [-0.1, -0.05) is 52.7 Å². The maximum absolute atomic E-state index is 7.66. The molecule has 8 heteroatoms. The van der Waals surface area contributed by atoms with Crippen molar-refractivity contribution in [3.8, 4) is 0 Å². The number of rotatable bonds is 12. The number of benzene rings is 2. The average molecular weight is 756 g/mol. The smallest absolute Gasteiger partial charge is 0 e. The summed E-state index contributed by atoms with van der Waals surface area (Å²) in [5, 5.41) is 13.7. The van der Waals surface area contributed by atoms with E-state index in [2.05, 4.69) is 42.8 Å². The Labute approximate surface area is 284 Å². The van der Waals surface area contributed by atoms with E-state index in [9.17, 15) is 0 Å². The van der Waals surface area contributed by atoms with Gasteiger partial charge in [0.2, 0.25) is 0 Å². The Hall–Kier alpha value is -1.23. The molecular weight excluding hydrogens is 697 g/mol. The quantitative estimate of drug-likeness (QED) is 0.134. The zero-order chi connectivity index (χ0) is 31.0. The van der Waals surface area contributed by atoms with Crippen molar-refractivity contribution in [1.29, 1.82) is 0 Å². The van der Waals surface area contributed by atoms with Crippen LogP contribution in [0.5, 0.6) is 0 Å². The second-order valence-electron chi connectivity index (χ2n) is 11.4. The SMILES string of the molecule is CC(C)[N-]C([N-]CCCCCN)N1CCCC1.CC(C)[N-]C([NH-])N1CCCC1.[CH2-]c1ccccc1.[CH2-]c1ccccc1.[Hf]. The van der Waals surface area contributed by atoms with Crippen molar-refractivity contribution < 1.29 is 25.8 Å². The molecule has 3 N–H and O–H groups in total. The number of unbranched alkanes of at least 4 members (excludes halogenated alkanes) is 2. The second-order valence-corrected chi connectivity index (χ2v) is 11.4. The van der Waals surface area contributed by atoms with Gasteiger partial charge in [-0.15, -0.1) is 42.9 Å². The standard InChI is InChI=1S/C13H28N4.C8H17N3.2C7H7.Hf/c1-12(2)16-13(17-10-6-7-11-17)15-9-5-3-4-8-14;1-7(2)10-8(9)11-5-3-4-6-11;2*1-7-5-3-2-4-6-7;/h12-13H,3-11,14H2,1-2H3;7-9H,3-6H2,1-2H3;2*2-6H,1H2;/q2*-2;2*-1;. The fourth-order valence-corrected chi connectivity index (χ4v) is 4.45. The van der Waals surface area contributed by atoms with E-state index in [0.717, 1.165) is 63.2 Å². The van der Waals surface area contributed by atoms with Gasteiger partial charge in [-0.05, 0) is 64.8 Å².